The van der Waals surface area contributed by atoms with Crippen LogP contribution in [0, 0.1) is 11.3 Å². The molecule has 1 aliphatic heterocycles. The van der Waals surface area contributed by atoms with E-state index in [4.69, 9.17) is 9.47 Å². The average molecular weight is 324 g/mol. The minimum Gasteiger partial charge on any atom is -0.472 e. The van der Waals surface area contributed by atoms with E-state index in [1.54, 1.807) is 12.3 Å². The van der Waals surface area contributed by atoms with Crippen molar-refractivity contribution in [1.29, 1.82) is 0 Å². The normalized spacial score (nSPS) is 30.8. The third kappa shape index (κ3) is 2.62. The number of halogens is 2. The molecule has 2 heterocycles. The molecule has 4 rings (SSSR count). The lowest BCUT2D eigenvalue weighted by molar-refractivity contribution is -0.176. The molecule has 0 amide bonds. The molecular formula is C17H22F2N2O2. The molecule has 0 aromatic carbocycles. The van der Waals surface area contributed by atoms with E-state index in [2.05, 4.69) is 10.3 Å². The number of hydrogen-bond acceptors (Lipinski definition) is 4. The van der Waals surface area contributed by atoms with Gasteiger partial charge >= 0.3 is 0 Å². The molecule has 1 aromatic heterocycles. The van der Waals surface area contributed by atoms with Gasteiger partial charge in [0.1, 0.15) is 0 Å². The van der Waals surface area contributed by atoms with E-state index in [-0.39, 0.29) is 5.88 Å². The molecular weight excluding hydrogens is 302 g/mol. The summed E-state index contributed by atoms with van der Waals surface area (Å²) in [5, 5.41) is 3.68. The first-order chi connectivity index (χ1) is 11.2. The molecule has 23 heavy (non-hydrogen) atoms. The van der Waals surface area contributed by atoms with Gasteiger partial charge in [-0.15, -0.1) is 0 Å². The van der Waals surface area contributed by atoms with Gasteiger partial charge in [0.2, 0.25) is 5.88 Å². The molecule has 0 radical (unpaired) electrons. The molecule has 2 saturated carbocycles. The molecule has 3 aliphatic rings. The highest BCUT2D eigenvalue weighted by Crippen LogP contribution is 2.62. The second kappa shape index (κ2) is 5.98. The lowest BCUT2D eigenvalue weighted by Crippen LogP contribution is -2.70. The number of alkyl halides is 2. The summed E-state index contributed by atoms with van der Waals surface area (Å²) in [6.07, 6.45) is 4.53. The fourth-order valence-electron chi connectivity index (χ4n) is 4.58. The van der Waals surface area contributed by atoms with Crippen LogP contribution in [0.2, 0.25) is 0 Å². The summed E-state index contributed by atoms with van der Waals surface area (Å²) in [5.41, 5.74) is 1.37. The number of nitrogens with zero attached hydrogens (tertiary/aromatic N) is 1. The van der Waals surface area contributed by atoms with Crippen LogP contribution in [0.25, 0.3) is 0 Å². The predicted octanol–water partition coefficient (Wildman–Crippen LogP) is 2.77. The van der Waals surface area contributed by atoms with Gasteiger partial charge in [0, 0.05) is 42.8 Å². The van der Waals surface area contributed by atoms with Crippen LogP contribution in [-0.2, 0) is 11.3 Å². The van der Waals surface area contributed by atoms with Gasteiger partial charge < -0.3 is 14.8 Å². The third-order valence-corrected chi connectivity index (χ3v) is 5.72. The number of pyridine rings is 1. The van der Waals surface area contributed by atoms with Crippen molar-refractivity contribution in [2.24, 2.45) is 11.3 Å². The molecule has 126 valence electrons. The number of aromatic nitrogens is 1. The van der Waals surface area contributed by atoms with Gasteiger partial charge in [-0.2, -0.15) is 0 Å². The zero-order chi connectivity index (χ0) is 15.9. The van der Waals surface area contributed by atoms with Crippen molar-refractivity contribution in [3.8, 4) is 5.88 Å². The van der Waals surface area contributed by atoms with Gasteiger partial charge in [0.25, 0.3) is 6.43 Å². The van der Waals surface area contributed by atoms with Crippen molar-refractivity contribution in [3.63, 3.8) is 0 Å². The fourth-order valence-corrected chi connectivity index (χ4v) is 4.58. The van der Waals surface area contributed by atoms with E-state index in [0.717, 1.165) is 18.6 Å². The molecule has 4 nitrogen and oxygen atoms in total. The minimum atomic E-state index is -2.48. The molecule has 1 saturated heterocycles. The van der Waals surface area contributed by atoms with Crippen LogP contribution in [0.4, 0.5) is 8.78 Å². The van der Waals surface area contributed by atoms with Gasteiger partial charge in [0.15, 0.2) is 6.61 Å². The Balaban J connectivity index is 1.36. The molecule has 0 bridgehead atoms. The van der Waals surface area contributed by atoms with Gasteiger partial charge in [-0.25, -0.2) is 13.8 Å². The average Bonchev–Trinajstić information content (AvgIpc) is 2.89. The standard InChI is InChI=1S/C17H22F2N2O2/c18-13(19)10-23-14-8-11(2-6-20-14)9-21-15-12-3-7-22-16(12)17(15)4-1-5-17/h2,6,8,12-13,15-16,21H,1,3-5,7,9-10H2/t12-,15-,16-/m1/s1. The Morgan fingerprint density at radius 1 is 1.43 bits per heavy atom. The maximum absolute atomic E-state index is 12.2. The van der Waals surface area contributed by atoms with E-state index in [1.165, 1.54) is 19.3 Å². The Morgan fingerprint density at radius 2 is 2.30 bits per heavy atom. The van der Waals surface area contributed by atoms with Crippen molar-refractivity contribution >= 4 is 0 Å². The number of rotatable bonds is 6. The fraction of sp³-hybridized carbons (Fsp3) is 0.706. The van der Waals surface area contributed by atoms with E-state index in [0.29, 0.717) is 30.0 Å². The van der Waals surface area contributed by atoms with Crippen molar-refractivity contribution in [2.75, 3.05) is 13.2 Å². The van der Waals surface area contributed by atoms with E-state index < -0.39 is 13.0 Å². The first kappa shape index (κ1) is 15.3. The number of fused-ring (bicyclic) bond motifs is 2. The van der Waals surface area contributed by atoms with Gasteiger partial charge in [-0.3, -0.25) is 0 Å². The summed E-state index contributed by atoms with van der Waals surface area (Å²) in [5.74, 6) is 0.894. The molecule has 2 aliphatic carbocycles. The summed E-state index contributed by atoms with van der Waals surface area (Å²) in [6.45, 7) is 0.982. The summed E-state index contributed by atoms with van der Waals surface area (Å²) in [4.78, 5) is 3.98. The van der Waals surface area contributed by atoms with Crippen molar-refractivity contribution < 1.29 is 18.3 Å². The first-order valence-corrected chi connectivity index (χ1v) is 8.40. The second-order valence-electron chi connectivity index (χ2n) is 6.89. The molecule has 1 aromatic rings. The van der Waals surface area contributed by atoms with Crippen LogP contribution < -0.4 is 10.1 Å². The Labute approximate surface area is 134 Å². The second-order valence-corrected chi connectivity index (χ2v) is 6.89. The molecule has 0 unspecified atom stereocenters. The van der Waals surface area contributed by atoms with Crippen LogP contribution >= 0.6 is 0 Å². The first-order valence-electron chi connectivity index (χ1n) is 8.40. The van der Waals surface area contributed by atoms with Crippen molar-refractivity contribution in [3.05, 3.63) is 23.9 Å². The van der Waals surface area contributed by atoms with E-state index in [9.17, 15) is 8.78 Å². The number of ether oxygens (including phenoxy) is 2. The number of nitrogens with one attached hydrogen (secondary N) is 1. The molecule has 1 N–H and O–H groups in total. The lowest BCUT2D eigenvalue weighted by Gasteiger charge is -2.63. The van der Waals surface area contributed by atoms with Crippen LogP contribution in [-0.4, -0.2) is 36.8 Å². The van der Waals surface area contributed by atoms with E-state index in [1.807, 2.05) is 6.07 Å². The highest BCUT2D eigenvalue weighted by Gasteiger charge is 2.66. The van der Waals surface area contributed by atoms with Crippen LogP contribution in [0.5, 0.6) is 5.88 Å². The Hall–Kier alpha value is -1.27. The highest BCUT2D eigenvalue weighted by atomic mass is 19.3. The zero-order valence-corrected chi connectivity index (χ0v) is 13.0. The van der Waals surface area contributed by atoms with Crippen LogP contribution in [0.1, 0.15) is 31.2 Å². The summed E-state index contributed by atoms with van der Waals surface area (Å²) >= 11 is 0. The SMILES string of the molecule is FC(F)COc1cc(CN[C@@H]2[C@H]3CCO[C@H]3C23CCC3)ccn1. The van der Waals surface area contributed by atoms with Crippen molar-refractivity contribution in [2.45, 2.75) is 50.8 Å². The van der Waals surface area contributed by atoms with E-state index >= 15 is 0 Å². The van der Waals surface area contributed by atoms with Gasteiger partial charge in [0.05, 0.1) is 6.10 Å². The Morgan fingerprint density at radius 3 is 3.04 bits per heavy atom. The highest BCUT2D eigenvalue weighted by molar-refractivity contribution is 5.22. The maximum Gasteiger partial charge on any atom is 0.272 e. The topological polar surface area (TPSA) is 43.4 Å². The summed E-state index contributed by atoms with van der Waals surface area (Å²) in [6, 6.07) is 4.16. The lowest BCUT2D eigenvalue weighted by atomic mass is 9.46. The van der Waals surface area contributed by atoms with Crippen molar-refractivity contribution in [1.82, 2.24) is 10.3 Å². The minimum absolute atomic E-state index is 0.263. The van der Waals surface area contributed by atoms with Gasteiger partial charge in [-0.05, 0) is 30.9 Å². The quantitative estimate of drug-likeness (QED) is 0.874. The third-order valence-electron chi connectivity index (χ3n) is 5.72. The largest absolute Gasteiger partial charge is 0.472 e. The number of hydrogen-bond donors (Lipinski definition) is 1. The molecule has 3 atom stereocenters. The zero-order valence-electron chi connectivity index (χ0n) is 13.0. The molecule has 6 heteroatoms. The molecule has 1 spiro atoms. The van der Waals surface area contributed by atoms with Gasteiger partial charge in [-0.1, -0.05) is 6.42 Å². The smallest absolute Gasteiger partial charge is 0.272 e. The van der Waals surface area contributed by atoms with Crippen LogP contribution in [0.3, 0.4) is 0 Å². The Bertz CT molecular complexity index is 565. The maximum atomic E-state index is 12.2. The monoisotopic (exact) mass is 324 g/mol. The van der Waals surface area contributed by atoms with Crippen LogP contribution in [0.15, 0.2) is 18.3 Å². The molecule has 3 fully saturated rings. The predicted molar refractivity (Wildman–Crippen MR) is 80.5 cm³/mol. The summed E-state index contributed by atoms with van der Waals surface area (Å²) in [7, 11) is 0. The Kier molecular flexibility index (Phi) is 3.97. The summed E-state index contributed by atoms with van der Waals surface area (Å²) < 4.78 is 35.3.